The first-order valence-electron chi connectivity index (χ1n) is 8.62. The maximum Gasteiger partial charge on any atom is 0.240 e. The van der Waals surface area contributed by atoms with Crippen molar-refractivity contribution in [1.82, 2.24) is 5.43 Å². The van der Waals surface area contributed by atoms with Gasteiger partial charge in [-0.15, -0.1) is 0 Å². The van der Waals surface area contributed by atoms with Crippen LogP contribution in [0.15, 0.2) is 5.10 Å². The van der Waals surface area contributed by atoms with Crippen LogP contribution in [0.5, 0.6) is 0 Å². The van der Waals surface area contributed by atoms with E-state index in [1.807, 2.05) is 0 Å². The van der Waals surface area contributed by atoms with Crippen molar-refractivity contribution >= 4 is 11.6 Å². The third kappa shape index (κ3) is 3.07. The zero-order chi connectivity index (χ0) is 13.9. The molecule has 0 aromatic carbocycles. The molecule has 20 heavy (non-hydrogen) atoms. The van der Waals surface area contributed by atoms with Gasteiger partial charge in [-0.1, -0.05) is 26.2 Å². The molecular formula is C17H28N2O. The normalized spacial score (nSPS) is 34.4. The zero-order valence-electron chi connectivity index (χ0n) is 12.7. The fourth-order valence-corrected chi connectivity index (χ4v) is 4.74. The summed E-state index contributed by atoms with van der Waals surface area (Å²) in [6.07, 6.45) is 12.0. The van der Waals surface area contributed by atoms with Gasteiger partial charge in [0, 0.05) is 12.1 Å². The minimum atomic E-state index is 0.113. The summed E-state index contributed by atoms with van der Waals surface area (Å²) in [6, 6.07) is 0. The van der Waals surface area contributed by atoms with Crippen LogP contribution in [0, 0.1) is 23.7 Å². The van der Waals surface area contributed by atoms with E-state index in [4.69, 9.17) is 0 Å². The molecule has 0 unspecified atom stereocenters. The molecule has 4 fully saturated rings. The zero-order valence-corrected chi connectivity index (χ0v) is 12.7. The summed E-state index contributed by atoms with van der Waals surface area (Å²) in [4.78, 5) is 11.8. The van der Waals surface area contributed by atoms with Crippen LogP contribution < -0.4 is 5.43 Å². The number of amides is 1. The van der Waals surface area contributed by atoms with Crippen molar-refractivity contribution < 1.29 is 4.79 Å². The topological polar surface area (TPSA) is 41.5 Å². The molecule has 0 heterocycles. The Morgan fingerprint density at radius 1 is 1.05 bits per heavy atom. The minimum absolute atomic E-state index is 0.113. The number of carbonyl (C=O) groups is 1. The standard InChI is InChI=1S/C17H28N2O/c1-2-3-4-5-6-16(20)18-19-17-14-8-12-7-13(10-14)11-15(17)9-12/h12-15H,2-11H2,1H3,(H,18,20). The molecule has 0 aromatic heterocycles. The van der Waals surface area contributed by atoms with Gasteiger partial charge in [0.05, 0.1) is 0 Å². The van der Waals surface area contributed by atoms with Crippen molar-refractivity contribution in [2.75, 3.05) is 0 Å². The molecule has 0 radical (unpaired) electrons. The second kappa shape index (κ2) is 6.28. The Kier molecular flexibility index (Phi) is 4.42. The van der Waals surface area contributed by atoms with Gasteiger partial charge in [-0.05, 0) is 62.2 Å². The van der Waals surface area contributed by atoms with Crippen LogP contribution in [0.25, 0.3) is 0 Å². The second-order valence-electron chi connectivity index (χ2n) is 7.19. The van der Waals surface area contributed by atoms with E-state index >= 15 is 0 Å². The maximum atomic E-state index is 11.8. The first kappa shape index (κ1) is 14.1. The average molecular weight is 276 g/mol. The Hall–Kier alpha value is -0.860. The van der Waals surface area contributed by atoms with Crippen LogP contribution in [0.2, 0.25) is 0 Å². The number of carbonyl (C=O) groups excluding carboxylic acids is 1. The molecule has 1 N–H and O–H groups in total. The Labute approximate surface area is 122 Å². The quantitative estimate of drug-likeness (QED) is 0.580. The van der Waals surface area contributed by atoms with Gasteiger partial charge in [-0.25, -0.2) is 5.43 Å². The number of unbranched alkanes of at least 4 members (excludes halogenated alkanes) is 3. The van der Waals surface area contributed by atoms with Crippen molar-refractivity contribution in [1.29, 1.82) is 0 Å². The lowest BCUT2D eigenvalue weighted by Crippen LogP contribution is -2.46. The summed E-state index contributed by atoms with van der Waals surface area (Å²) in [6.45, 7) is 2.19. The fourth-order valence-electron chi connectivity index (χ4n) is 4.74. The molecule has 4 aliphatic rings. The summed E-state index contributed by atoms with van der Waals surface area (Å²) in [5, 5.41) is 4.54. The lowest BCUT2D eigenvalue weighted by molar-refractivity contribution is -0.121. The number of nitrogens with zero attached hydrogens (tertiary/aromatic N) is 1. The highest BCUT2D eigenvalue weighted by Gasteiger charge is 2.46. The monoisotopic (exact) mass is 276 g/mol. The minimum Gasteiger partial charge on any atom is -0.273 e. The predicted molar refractivity (Wildman–Crippen MR) is 81.4 cm³/mol. The molecule has 3 heteroatoms. The molecule has 4 rings (SSSR count). The van der Waals surface area contributed by atoms with Gasteiger partial charge < -0.3 is 0 Å². The second-order valence-corrected chi connectivity index (χ2v) is 7.19. The van der Waals surface area contributed by atoms with E-state index in [1.165, 1.54) is 50.7 Å². The molecule has 0 spiro atoms. The van der Waals surface area contributed by atoms with Crippen LogP contribution in [-0.4, -0.2) is 11.6 Å². The summed E-state index contributed by atoms with van der Waals surface area (Å²) in [5.74, 6) is 3.41. The molecule has 1 amide bonds. The van der Waals surface area contributed by atoms with E-state index < -0.39 is 0 Å². The van der Waals surface area contributed by atoms with Gasteiger partial charge in [0.1, 0.15) is 0 Å². The molecule has 0 atom stereocenters. The highest BCUT2D eigenvalue weighted by Crippen LogP contribution is 2.52. The van der Waals surface area contributed by atoms with E-state index in [0.29, 0.717) is 18.3 Å². The summed E-state index contributed by atoms with van der Waals surface area (Å²) in [5.41, 5.74) is 4.17. The molecule has 0 saturated heterocycles. The van der Waals surface area contributed by atoms with E-state index in [2.05, 4.69) is 17.5 Å². The Bertz CT molecular complexity index is 358. The highest BCUT2D eigenvalue weighted by molar-refractivity contribution is 5.91. The number of rotatable bonds is 6. The van der Waals surface area contributed by atoms with Crippen molar-refractivity contribution in [3.05, 3.63) is 0 Å². The van der Waals surface area contributed by atoms with Crippen LogP contribution in [0.3, 0.4) is 0 Å². The molecular weight excluding hydrogens is 248 g/mol. The fraction of sp³-hybridized carbons (Fsp3) is 0.882. The van der Waals surface area contributed by atoms with Crippen molar-refractivity contribution in [2.24, 2.45) is 28.8 Å². The van der Waals surface area contributed by atoms with Crippen molar-refractivity contribution in [3.63, 3.8) is 0 Å². The predicted octanol–water partition coefficient (Wildman–Crippen LogP) is 3.89. The summed E-state index contributed by atoms with van der Waals surface area (Å²) < 4.78 is 0. The summed E-state index contributed by atoms with van der Waals surface area (Å²) >= 11 is 0. The third-order valence-corrected chi connectivity index (χ3v) is 5.54. The number of hydrazone groups is 1. The van der Waals surface area contributed by atoms with Crippen molar-refractivity contribution in [2.45, 2.75) is 71.1 Å². The molecule has 0 aromatic rings. The van der Waals surface area contributed by atoms with Crippen LogP contribution in [0.4, 0.5) is 0 Å². The van der Waals surface area contributed by atoms with Gasteiger partial charge in [-0.3, -0.25) is 4.79 Å². The molecule has 4 aliphatic carbocycles. The van der Waals surface area contributed by atoms with Crippen LogP contribution >= 0.6 is 0 Å². The van der Waals surface area contributed by atoms with E-state index in [9.17, 15) is 4.79 Å². The molecule has 3 nitrogen and oxygen atoms in total. The SMILES string of the molecule is CCCCCCC(=O)NN=C1C2CC3CC(C2)CC1C3. The molecule has 0 aliphatic heterocycles. The van der Waals surface area contributed by atoms with Gasteiger partial charge in [0.15, 0.2) is 0 Å². The first-order chi connectivity index (χ1) is 9.76. The Balaban J connectivity index is 1.48. The van der Waals surface area contributed by atoms with E-state index in [-0.39, 0.29) is 5.91 Å². The van der Waals surface area contributed by atoms with Gasteiger partial charge in [-0.2, -0.15) is 5.10 Å². The Morgan fingerprint density at radius 3 is 2.30 bits per heavy atom. The molecule has 4 bridgehead atoms. The maximum absolute atomic E-state index is 11.8. The lowest BCUT2D eigenvalue weighted by atomic mass is 9.55. The van der Waals surface area contributed by atoms with Crippen LogP contribution in [-0.2, 0) is 4.79 Å². The van der Waals surface area contributed by atoms with Crippen molar-refractivity contribution in [3.8, 4) is 0 Å². The molecule has 112 valence electrons. The van der Waals surface area contributed by atoms with Gasteiger partial charge in [0.25, 0.3) is 0 Å². The lowest BCUT2D eigenvalue weighted by Gasteiger charge is -2.50. The smallest absolute Gasteiger partial charge is 0.240 e. The highest BCUT2D eigenvalue weighted by atomic mass is 16.2. The number of nitrogens with one attached hydrogen (secondary N) is 1. The van der Waals surface area contributed by atoms with Gasteiger partial charge in [0.2, 0.25) is 5.91 Å². The average Bonchev–Trinajstić information content (AvgIpc) is 2.42. The van der Waals surface area contributed by atoms with E-state index in [1.54, 1.807) is 0 Å². The number of hydrogen-bond donors (Lipinski definition) is 1. The number of hydrogen-bond acceptors (Lipinski definition) is 2. The third-order valence-electron chi connectivity index (χ3n) is 5.54. The summed E-state index contributed by atoms with van der Waals surface area (Å²) in [7, 11) is 0. The largest absolute Gasteiger partial charge is 0.273 e. The first-order valence-corrected chi connectivity index (χ1v) is 8.62. The molecule has 4 saturated carbocycles. The van der Waals surface area contributed by atoms with Gasteiger partial charge >= 0.3 is 0 Å². The van der Waals surface area contributed by atoms with Crippen LogP contribution in [0.1, 0.15) is 71.1 Å². The van der Waals surface area contributed by atoms with E-state index in [0.717, 1.165) is 24.7 Å². The Morgan fingerprint density at radius 2 is 1.70 bits per heavy atom.